The summed E-state index contributed by atoms with van der Waals surface area (Å²) in [7, 11) is 0. The Morgan fingerprint density at radius 3 is 1.11 bits per heavy atom. The molecule has 5 aromatic carbocycles. The smallest absolute Gasteiger partial charge is 0.108 e. The maximum atomic E-state index is 3.83. The average molecular weight is 734 g/mol. The van der Waals surface area contributed by atoms with E-state index in [1.54, 1.807) is 0 Å². The molecule has 55 heavy (non-hydrogen) atoms. The van der Waals surface area contributed by atoms with E-state index in [1.807, 2.05) is 6.08 Å². The Morgan fingerprint density at radius 1 is 0.455 bits per heavy atom. The van der Waals surface area contributed by atoms with E-state index in [2.05, 4.69) is 178 Å². The van der Waals surface area contributed by atoms with Gasteiger partial charge in [0, 0.05) is 12.0 Å². The quantitative estimate of drug-likeness (QED) is 0.0480. The second-order valence-corrected chi connectivity index (χ2v) is 16.6. The lowest BCUT2D eigenvalue weighted by molar-refractivity contribution is -0.736. The van der Waals surface area contributed by atoms with Crippen LogP contribution in [0.2, 0.25) is 0 Å². The molecule has 0 spiro atoms. The lowest BCUT2D eigenvalue weighted by Gasteiger charge is -2.44. The van der Waals surface area contributed by atoms with Gasteiger partial charge in [0.25, 0.3) is 0 Å². The van der Waals surface area contributed by atoms with Gasteiger partial charge in [0.2, 0.25) is 0 Å². The first-order valence-corrected chi connectivity index (χ1v) is 21.9. The molecule has 0 unspecified atom stereocenters. The zero-order valence-corrected chi connectivity index (χ0v) is 34.8. The van der Waals surface area contributed by atoms with Crippen LogP contribution in [0.3, 0.4) is 0 Å². The molecule has 0 radical (unpaired) electrons. The lowest BCUT2D eigenvalue weighted by Crippen LogP contribution is -2.93. The van der Waals surface area contributed by atoms with E-state index in [1.165, 1.54) is 136 Å². The predicted molar refractivity (Wildman–Crippen MR) is 246 cm³/mol. The molecule has 0 saturated heterocycles. The van der Waals surface area contributed by atoms with E-state index in [-0.39, 0.29) is 0 Å². The molecule has 5 rings (SSSR count). The van der Waals surface area contributed by atoms with Crippen LogP contribution in [0.5, 0.6) is 0 Å². The van der Waals surface area contributed by atoms with Gasteiger partial charge in [0.15, 0.2) is 0 Å². The van der Waals surface area contributed by atoms with Gasteiger partial charge >= 0.3 is 0 Å². The van der Waals surface area contributed by atoms with Crippen LogP contribution in [0.4, 0.5) is 0 Å². The van der Waals surface area contributed by atoms with E-state index in [0.717, 1.165) is 6.54 Å². The Bertz CT molecular complexity index is 1520. The third-order valence-electron chi connectivity index (χ3n) is 11.7. The maximum absolute atomic E-state index is 3.83. The molecule has 2 N–H and O–H groups in total. The van der Waals surface area contributed by atoms with Gasteiger partial charge in [-0.05, 0) is 25.8 Å². The topological polar surface area (TPSA) is 16.6 Å². The van der Waals surface area contributed by atoms with Crippen LogP contribution in [-0.2, 0) is 6.54 Å². The van der Waals surface area contributed by atoms with E-state index in [0.29, 0.717) is 5.54 Å². The summed E-state index contributed by atoms with van der Waals surface area (Å²) < 4.78 is 0. The van der Waals surface area contributed by atoms with Gasteiger partial charge in [-0.1, -0.05) is 255 Å². The second-order valence-electron chi connectivity index (χ2n) is 16.6. The normalized spacial score (nSPS) is 11.5. The predicted octanol–water partition coefficient (Wildman–Crippen LogP) is 11.5. The van der Waals surface area contributed by atoms with Crippen molar-refractivity contribution in [3.8, 4) is 0 Å². The highest BCUT2D eigenvalue weighted by molar-refractivity contribution is 7.19. The minimum atomic E-state index is -1.22. The summed E-state index contributed by atoms with van der Waals surface area (Å²) in [5.74, 6) is 0. The van der Waals surface area contributed by atoms with Gasteiger partial charge < -0.3 is 5.32 Å². The van der Waals surface area contributed by atoms with Crippen LogP contribution in [0.25, 0.3) is 6.08 Å². The van der Waals surface area contributed by atoms with Gasteiger partial charge in [-0.3, -0.25) is 0 Å². The molecule has 0 aliphatic rings. The fourth-order valence-electron chi connectivity index (χ4n) is 8.36. The van der Waals surface area contributed by atoms with Crippen molar-refractivity contribution in [3.63, 3.8) is 0 Å². The van der Waals surface area contributed by atoms with Gasteiger partial charge in [0.1, 0.15) is 12.7 Å². The van der Waals surface area contributed by atoms with Crippen molar-refractivity contribution in [2.24, 2.45) is 0 Å². The SMILES string of the molecule is C=Cc1ccc(C[NH2+]C(C)(C)CCCCCCCCCCCCCCCCC)cc1.c1ccc([B-](c2ccccc2)(c2ccccc2)c2ccccc2)cc1. The van der Waals surface area contributed by atoms with Crippen molar-refractivity contribution in [2.75, 3.05) is 0 Å². The van der Waals surface area contributed by atoms with E-state index in [9.17, 15) is 0 Å². The number of hydrogen-bond acceptors (Lipinski definition) is 0. The molecule has 0 atom stereocenters. The molecule has 292 valence electrons. The molecular weight excluding hydrogens is 661 g/mol. The fraction of sp³-hybridized carbons (Fsp3) is 0.396. The molecule has 0 fully saturated rings. The summed E-state index contributed by atoms with van der Waals surface area (Å²) in [6.45, 7) is 12.0. The lowest BCUT2D eigenvalue weighted by atomic mass is 9.13. The molecule has 0 aliphatic heterocycles. The molecule has 0 aliphatic carbocycles. The molecular formula is C53H72BN. The maximum Gasteiger partial charge on any atom is 0.108 e. The number of benzene rings is 5. The third kappa shape index (κ3) is 14.8. The van der Waals surface area contributed by atoms with E-state index < -0.39 is 6.15 Å². The number of unbranched alkanes of at least 4 members (excludes halogenated alkanes) is 14. The van der Waals surface area contributed by atoms with Crippen LogP contribution >= 0.6 is 0 Å². The number of rotatable bonds is 24. The summed E-state index contributed by atoms with van der Waals surface area (Å²) in [5, 5.41) is 2.51. The molecule has 0 amide bonds. The van der Waals surface area contributed by atoms with Crippen molar-refractivity contribution >= 4 is 34.1 Å². The Kier molecular flexibility index (Phi) is 19.9. The van der Waals surface area contributed by atoms with Gasteiger partial charge in [-0.25, -0.2) is 0 Å². The summed E-state index contributed by atoms with van der Waals surface area (Å²) in [4.78, 5) is 0. The molecule has 5 aromatic rings. The Hall–Kier alpha value is -4.14. The third-order valence-corrected chi connectivity index (χ3v) is 11.7. The largest absolute Gasteiger partial charge is 0.338 e. The van der Waals surface area contributed by atoms with E-state index in [4.69, 9.17) is 0 Å². The number of nitrogens with two attached hydrogens (primary N) is 1. The second kappa shape index (κ2) is 25.1. The monoisotopic (exact) mass is 734 g/mol. The summed E-state index contributed by atoms with van der Waals surface area (Å²) >= 11 is 0. The highest BCUT2D eigenvalue weighted by Crippen LogP contribution is 2.16. The summed E-state index contributed by atoms with van der Waals surface area (Å²) in [6, 6.07) is 52.3. The Morgan fingerprint density at radius 2 is 0.782 bits per heavy atom. The van der Waals surface area contributed by atoms with Crippen LogP contribution in [0.1, 0.15) is 135 Å². The summed E-state index contributed by atoms with van der Waals surface area (Å²) in [6.07, 6.45) is 23.6. The van der Waals surface area contributed by atoms with Crippen LogP contribution in [0.15, 0.2) is 152 Å². The Balaban J connectivity index is 0.000000247. The highest BCUT2D eigenvalue weighted by Gasteiger charge is 2.31. The van der Waals surface area contributed by atoms with Gasteiger partial charge in [-0.15, -0.1) is 0 Å². The molecule has 0 bridgehead atoms. The fourth-order valence-corrected chi connectivity index (χ4v) is 8.36. The summed E-state index contributed by atoms with van der Waals surface area (Å²) in [5.41, 5.74) is 8.31. The zero-order chi connectivity index (χ0) is 38.9. The Labute approximate surface area is 337 Å². The van der Waals surface area contributed by atoms with Crippen molar-refractivity contribution in [1.82, 2.24) is 0 Å². The first kappa shape index (κ1) is 43.6. The van der Waals surface area contributed by atoms with Crippen LogP contribution in [-0.4, -0.2) is 11.7 Å². The first-order chi connectivity index (χ1) is 27.0. The molecule has 0 aromatic heterocycles. The van der Waals surface area contributed by atoms with Crippen molar-refractivity contribution in [2.45, 2.75) is 136 Å². The number of quaternary nitrogens is 1. The first-order valence-electron chi connectivity index (χ1n) is 21.9. The molecule has 0 heterocycles. The average Bonchev–Trinajstić information content (AvgIpc) is 3.24. The standard InChI is InChI=1S/C29H51N.C24H20B/c1-5-7-8-9-10-11-12-13-14-15-16-17-18-19-20-25-29(3,4)30-26-28-23-21-27(6-2)22-24-28;1-5-13-21(14-6-1)25(22-15-7-2-8-16-22,23-17-9-3-10-18-23)24-19-11-4-12-20-24/h6,21-24,30H,2,5,7-20,25-26H2,1,3-4H3;1-20H/q;-1/p+1. The minimum absolute atomic E-state index is 0.341. The van der Waals surface area contributed by atoms with Gasteiger partial charge in [0.05, 0.1) is 5.54 Å². The molecule has 2 heteroatoms. The highest BCUT2D eigenvalue weighted by atomic mass is 14.9. The van der Waals surface area contributed by atoms with Crippen molar-refractivity contribution in [1.29, 1.82) is 0 Å². The van der Waals surface area contributed by atoms with E-state index >= 15 is 0 Å². The van der Waals surface area contributed by atoms with Crippen LogP contribution in [0, 0.1) is 0 Å². The minimum Gasteiger partial charge on any atom is -0.338 e. The van der Waals surface area contributed by atoms with Crippen molar-refractivity contribution in [3.05, 3.63) is 163 Å². The van der Waals surface area contributed by atoms with Crippen LogP contribution < -0.4 is 27.2 Å². The molecule has 0 saturated carbocycles. The number of hydrogen-bond donors (Lipinski definition) is 1. The zero-order valence-electron chi connectivity index (χ0n) is 34.8. The molecule has 1 nitrogen and oxygen atoms in total. The van der Waals surface area contributed by atoms with Crippen molar-refractivity contribution < 1.29 is 5.32 Å². The van der Waals surface area contributed by atoms with Gasteiger partial charge in [-0.2, -0.15) is 21.9 Å².